The average Bonchev–Trinajstić information content (AvgIpc) is 3.40. The average molecular weight is 368 g/mol. The molecule has 1 aliphatic rings. The second-order valence-corrected chi connectivity index (χ2v) is 6.90. The van der Waals surface area contributed by atoms with Crippen LogP contribution in [0, 0.1) is 5.92 Å². The molecule has 1 fully saturated rings. The number of carbonyl (C=O) groups excluding carboxylic acids is 2. The van der Waals surface area contributed by atoms with E-state index in [1.54, 1.807) is 4.90 Å². The molecule has 1 atom stereocenters. The van der Waals surface area contributed by atoms with Crippen LogP contribution in [0.15, 0.2) is 52.4 Å². The fourth-order valence-electron chi connectivity index (χ4n) is 2.88. The Morgan fingerprint density at radius 1 is 1.27 bits per heavy atom. The number of nitrogens with zero attached hydrogens (tertiary/aromatic N) is 3. The van der Waals surface area contributed by atoms with Gasteiger partial charge < -0.3 is 14.7 Å². The summed E-state index contributed by atoms with van der Waals surface area (Å²) in [4.78, 5) is 31.4. The highest BCUT2D eigenvalue weighted by Gasteiger charge is 2.35. The molecule has 2 aromatic heterocycles. The molecular formula is C18H16N4O3S. The molecule has 3 aromatic rings. The van der Waals surface area contributed by atoms with Gasteiger partial charge in [-0.25, -0.2) is 0 Å². The number of carbonyl (C=O) groups is 2. The summed E-state index contributed by atoms with van der Waals surface area (Å²) in [7, 11) is 0. The third kappa shape index (κ3) is 3.36. The highest BCUT2D eigenvalue weighted by atomic mass is 32.1. The zero-order valence-electron chi connectivity index (χ0n) is 13.8. The van der Waals surface area contributed by atoms with Gasteiger partial charge in [0.2, 0.25) is 23.5 Å². The predicted molar refractivity (Wildman–Crippen MR) is 96.4 cm³/mol. The molecular weight excluding hydrogens is 352 g/mol. The molecule has 1 N–H and O–H groups in total. The Labute approximate surface area is 153 Å². The number of hydrogen-bond acceptors (Lipinski definition) is 6. The number of para-hydroxylation sites is 1. The molecule has 1 aliphatic heterocycles. The lowest BCUT2D eigenvalue weighted by atomic mass is 10.1. The van der Waals surface area contributed by atoms with Gasteiger partial charge in [0.25, 0.3) is 0 Å². The molecule has 1 aromatic carbocycles. The normalized spacial score (nSPS) is 16.8. The largest absolute Gasteiger partial charge is 0.347 e. The van der Waals surface area contributed by atoms with Crippen LogP contribution in [-0.2, 0) is 16.1 Å². The maximum absolute atomic E-state index is 12.4. The molecule has 26 heavy (non-hydrogen) atoms. The summed E-state index contributed by atoms with van der Waals surface area (Å²) in [5.74, 6) is 0.228. The van der Waals surface area contributed by atoms with Gasteiger partial charge in [-0.3, -0.25) is 9.59 Å². The zero-order valence-corrected chi connectivity index (χ0v) is 14.6. The smallest absolute Gasteiger partial charge is 0.246 e. The van der Waals surface area contributed by atoms with Crippen LogP contribution < -0.4 is 10.2 Å². The van der Waals surface area contributed by atoms with Crippen molar-refractivity contribution in [1.29, 1.82) is 0 Å². The highest BCUT2D eigenvalue weighted by molar-refractivity contribution is 7.13. The van der Waals surface area contributed by atoms with Crippen molar-refractivity contribution in [3.63, 3.8) is 0 Å². The first-order valence-corrected chi connectivity index (χ1v) is 9.08. The summed E-state index contributed by atoms with van der Waals surface area (Å²) in [6.07, 6.45) is 0.199. The minimum absolute atomic E-state index is 0.0471. The Kier molecular flexibility index (Phi) is 4.49. The fourth-order valence-corrected chi connectivity index (χ4v) is 3.53. The van der Waals surface area contributed by atoms with E-state index < -0.39 is 0 Å². The van der Waals surface area contributed by atoms with E-state index in [2.05, 4.69) is 15.5 Å². The molecule has 0 spiro atoms. The van der Waals surface area contributed by atoms with E-state index in [1.165, 1.54) is 11.3 Å². The number of hydrogen-bond donors (Lipinski definition) is 1. The van der Waals surface area contributed by atoms with E-state index in [-0.39, 0.29) is 30.7 Å². The van der Waals surface area contributed by atoms with Crippen LogP contribution in [0.4, 0.5) is 5.69 Å². The number of nitrogens with one attached hydrogen (secondary N) is 1. The third-order valence-corrected chi connectivity index (χ3v) is 5.05. The Hall–Kier alpha value is -3.00. The standard InChI is InChI=1S/C18H16N4O3S/c23-16-9-12(11-22(16)13-5-2-1-3-6-13)18(24)19-10-15-20-17(21-25-15)14-7-4-8-26-14/h1-8,12H,9-11H2,(H,19,24). The summed E-state index contributed by atoms with van der Waals surface area (Å²) in [5, 5.41) is 8.62. The molecule has 7 nitrogen and oxygen atoms in total. The van der Waals surface area contributed by atoms with Gasteiger partial charge in [0.1, 0.15) is 0 Å². The molecule has 3 heterocycles. The van der Waals surface area contributed by atoms with E-state index >= 15 is 0 Å². The van der Waals surface area contributed by atoms with Crippen molar-refractivity contribution < 1.29 is 14.1 Å². The first-order chi connectivity index (χ1) is 12.7. The van der Waals surface area contributed by atoms with Gasteiger partial charge in [-0.05, 0) is 23.6 Å². The topological polar surface area (TPSA) is 88.3 Å². The van der Waals surface area contributed by atoms with Gasteiger partial charge in [0.05, 0.1) is 17.3 Å². The van der Waals surface area contributed by atoms with Crippen LogP contribution in [0.25, 0.3) is 10.7 Å². The lowest BCUT2D eigenvalue weighted by Crippen LogP contribution is -2.32. The monoisotopic (exact) mass is 368 g/mol. The maximum Gasteiger partial charge on any atom is 0.246 e. The molecule has 2 amide bonds. The fraction of sp³-hybridized carbons (Fsp3) is 0.222. The quantitative estimate of drug-likeness (QED) is 0.747. The first kappa shape index (κ1) is 16.5. The Morgan fingerprint density at radius 3 is 2.88 bits per heavy atom. The van der Waals surface area contributed by atoms with Crippen molar-refractivity contribution in [2.45, 2.75) is 13.0 Å². The van der Waals surface area contributed by atoms with Crippen molar-refractivity contribution in [1.82, 2.24) is 15.5 Å². The van der Waals surface area contributed by atoms with Gasteiger partial charge in [-0.15, -0.1) is 11.3 Å². The predicted octanol–water partition coefficient (Wildman–Crippen LogP) is 2.47. The van der Waals surface area contributed by atoms with Gasteiger partial charge in [-0.2, -0.15) is 4.98 Å². The van der Waals surface area contributed by atoms with Crippen molar-refractivity contribution >= 4 is 28.8 Å². The number of anilines is 1. The van der Waals surface area contributed by atoms with Gasteiger partial charge in [0.15, 0.2) is 0 Å². The van der Waals surface area contributed by atoms with Crippen molar-refractivity contribution in [3.05, 3.63) is 53.7 Å². The molecule has 8 heteroatoms. The molecule has 1 unspecified atom stereocenters. The van der Waals surface area contributed by atoms with Crippen LogP contribution in [0.3, 0.4) is 0 Å². The van der Waals surface area contributed by atoms with Crippen LogP contribution >= 0.6 is 11.3 Å². The highest BCUT2D eigenvalue weighted by Crippen LogP contribution is 2.25. The van der Waals surface area contributed by atoms with Crippen molar-refractivity contribution in [2.75, 3.05) is 11.4 Å². The first-order valence-electron chi connectivity index (χ1n) is 8.20. The van der Waals surface area contributed by atoms with E-state index in [4.69, 9.17) is 4.52 Å². The number of benzene rings is 1. The van der Waals surface area contributed by atoms with Crippen LogP contribution in [-0.4, -0.2) is 28.5 Å². The zero-order chi connectivity index (χ0) is 17.9. The molecule has 1 saturated heterocycles. The second kappa shape index (κ2) is 7.09. The molecule has 0 radical (unpaired) electrons. The summed E-state index contributed by atoms with van der Waals surface area (Å²) in [5.41, 5.74) is 0.810. The lowest BCUT2D eigenvalue weighted by molar-refractivity contribution is -0.126. The van der Waals surface area contributed by atoms with E-state index in [1.807, 2.05) is 47.8 Å². The van der Waals surface area contributed by atoms with E-state index in [0.717, 1.165) is 10.6 Å². The molecule has 0 aliphatic carbocycles. The van der Waals surface area contributed by atoms with Crippen LogP contribution in [0.2, 0.25) is 0 Å². The van der Waals surface area contributed by atoms with Crippen LogP contribution in [0.5, 0.6) is 0 Å². The molecule has 132 valence electrons. The minimum Gasteiger partial charge on any atom is -0.347 e. The SMILES string of the molecule is O=C(NCc1nc(-c2cccs2)no1)C1CC(=O)N(c2ccccc2)C1. The van der Waals surface area contributed by atoms with E-state index in [9.17, 15) is 9.59 Å². The Morgan fingerprint density at radius 2 is 2.12 bits per heavy atom. The van der Waals surface area contributed by atoms with Gasteiger partial charge >= 0.3 is 0 Å². The van der Waals surface area contributed by atoms with Crippen molar-refractivity contribution in [3.8, 4) is 10.7 Å². The maximum atomic E-state index is 12.4. The molecule has 0 saturated carbocycles. The molecule has 4 rings (SSSR count). The minimum atomic E-state index is -0.387. The second-order valence-electron chi connectivity index (χ2n) is 5.95. The lowest BCUT2D eigenvalue weighted by Gasteiger charge is -2.16. The molecule has 0 bridgehead atoms. The van der Waals surface area contributed by atoms with Gasteiger partial charge in [0, 0.05) is 18.7 Å². The van der Waals surface area contributed by atoms with Gasteiger partial charge in [-0.1, -0.05) is 29.4 Å². The Balaban J connectivity index is 1.35. The summed E-state index contributed by atoms with van der Waals surface area (Å²) >= 11 is 1.52. The number of aromatic nitrogens is 2. The summed E-state index contributed by atoms with van der Waals surface area (Å²) in [6.45, 7) is 0.520. The van der Waals surface area contributed by atoms with Crippen molar-refractivity contribution in [2.24, 2.45) is 5.92 Å². The third-order valence-electron chi connectivity index (χ3n) is 4.19. The number of amides is 2. The van der Waals surface area contributed by atoms with Crippen LogP contribution in [0.1, 0.15) is 12.3 Å². The number of thiophene rings is 1. The van der Waals surface area contributed by atoms with E-state index in [0.29, 0.717) is 18.3 Å². The summed E-state index contributed by atoms with van der Waals surface area (Å²) in [6, 6.07) is 13.2. The summed E-state index contributed by atoms with van der Waals surface area (Å²) < 4.78 is 5.17. The Bertz CT molecular complexity index is 908. The number of rotatable bonds is 5.